The zero-order valence-electron chi connectivity index (χ0n) is 32.3. The Morgan fingerprint density at radius 3 is 2.45 bits per heavy atom. The highest BCUT2D eigenvalue weighted by Gasteiger charge is 2.44. The van der Waals surface area contributed by atoms with Crippen LogP contribution in [-0.4, -0.2) is 102 Å². The summed E-state index contributed by atoms with van der Waals surface area (Å²) in [7, 11) is 0. The molecular formula is C43H52ClN9O3. The normalized spacial score (nSPS) is 23.6. The molecule has 0 bridgehead atoms. The van der Waals surface area contributed by atoms with Crippen LogP contribution in [0.5, 0.6) is 0 Å². The van der Waals surface area contributed by atoms with E-state index in [9.17, 15) is 19.6 Å². The molecule has 5 aliphatic rings. The van der Waals surface area contributed by atoms with Gasteiger partial charge >= 0.3 is 0 Å². The summed E-state index contributed by atoms with van der Waals surface area (Å²) >= 11 is 6.37. The van der Waals surface area contributed by atoms with Gasteiger partial charge in [0.1, 0.15) is 12.1 Å². The topological polar surface area (TPSA) is 138 Å². The van der Waals surface area contributed by atoms with Gasteiger partial charge in [0.15, 0.2) is 11.5 Å². The van der Waals surface area contributed by atoms with E-state index in [4.69, 9.17) is 11.6 Å². The lowest BCUT2D eigenvalue weighted by atomic mass is 9.77. The first-order valence-electron chi connectivity index (χ1n) is 20.4. The van der Waals surface area contributed by atoms with Crippen LogP contribution in [0.3, 0.4) is 0 Å². The molecular weight excluding hydrogens is 726 g/mol. The highest BCUT2D eigenvalue weighted by molar-refractivity contribution is 6.32. The van der Waals surface area contributed by atoms with E-state index in [1.54, 1.807) is 0 Å². The van der Waals surface area contributed by atoms with Gasteiger partial charge in [-0.05, 0) is 137 Å². The van der Waals surface area contributed by atoms with E-state index < -0.39 is 0 Å². The number of likely N-dealkylation sites (tertiary alicyclic amines) is 2. The van der Waals surface area contributed by atoms with Gasteiger partial charge in [-0.25, -0.2) is 0 Å². The van der Waals surface area contributed by atoms with E-state index in [1.165, 1.54) is 5.56 Å². The number of piperidine rings is 4. The maximum absolute atomic E-state index is 13.5. The molecule has 1 spiro atoms. The molecule has 0 unspecified atom stereocenters. The van der Waals surface area contributed by atoms with Crippen molar-refractivity contribution in [3.63, 3.8) is 0 Å². The molecule has 2 N–H and O–H groups in total. The van der Waals surface area contributed by atoms with Gasteiger partial charge in [-0.15, -0.1) is 10.2 Å². The molecule has 6 heterocycles. The van der Waals surface area contributed by atoms with Gasteiger partial charge in [-0.3, -0.25) is 19.7 Å². The van der Waals surface area contributed by atoms with Crippen molar-refractivity contribution in [1.82, 2.24) is 25.3 Å². The van der Waals surface area contributed by atoms with Crippen molar-refractivity contribution in [3.05, 3.63) is 76.4 Å². The minimum atomic E-state index is -0.377. The second-order valence-corrected chi connectivity index (χ2v) is 17.2. The molecule has 8 rings (SSSR count). The van der Waals surface area contributed by atoms with E-state index in [2.05, 4.69) is 66.7 Å². The molecule has 0 aliphatic carbocycles. The Hall–Kier alpha value is -4.73. The summed E-state index contributed by atoms with van der Waals surface area (Å²) in [5.41, 5.74) is 4.46. The van der Waals surface area contributed by atoms with Crippen molar-refractivity contribution in [1.29, 1.82) is 5.26 Å². The van der Waals surface area contributed by atoms with E-state index in [1.807, 2.05) is 41.3 Å². The predicted molar refractivity (Wildman–Crippen MR) is 217 cm³/mol. The molecule has 2 aromatic carbocycles. The van der Waals surface area contributed by atoms with Gasteiger partial charge < -0.3 is 24.9 Å². The van der Waals surface area contributed by atoms with Crippen LogP contribution in [0.4, 0.5) is 17.2 Å². The molecule has 5 aliphatic heterocycles. The standard InChI is InChI=1S/C43H52ClN9O3/c1-29-25-43(28-53(29)35-6-5-33(26-45)36(44)24-35)15-21-51(22-16-43)39-9-7-38(48-49-39)42(56)52-19-11-30(12-20-52)27-50-17-13-31(14-18-50)32-3-2-4-34(23-32)46-37-8-10-40(54)47-41(37)55/h2-7,9,23-24,29-31,37,46H,8,10-22,25,27-28H2,1H3,(H,47,54,55)/t29-,37+/m0/s1. The van der Waals surface area contributed by atoms with Crippen LogP contribution in [-0.2, 0) is 9.59 Å². The average molecular weight is 778 g/mol. The highest BCUT2D eigenvalue weighted by atomic mass is 35.5. The molecule has 1 aromatic heterocycles. The fraction of sp³-hybridized carbons (Fsp3) is 0.535. The Morgan fingerprint density at radius 1 is 0.964 bits per heavy atom. The summed E-state index contributed by atoms with van der Waals surface area (Å²) in [6, 6.07) is 20.1. The predicted octanol–water partition coefficient (Wildman–Crippen LogP) is 5.84. The number of carbonyl (C=O) groups is 3. The van der Waals surface area contributed by atoms with E-state index in [0.717, 1.165) is 114 Å². The van der Waals surface area contributed by atoms with E-state index in [-0.39, 0.29) is 29.2 Å². The Labute approximate surface area is 334 Å². The maximum atomic E-state index is 13.5. The number of nitriles is 1. The summed E-state index contributed by atoms with van der Waals surface area (Å²) in [6.45, 7) is 9.72. The second-order valence-electron chi connectivity index (χ2n) is 16.8. The molecule has 0 saturated carbocycles. The minimum absolute atomic E-state index is 0.0295. The van der Waals surface area contributed by atoms with Crippen LogP contribution >= 0.6 is 11.6 Å². The number of anilines is 3. The Balaban J connectivity index is 0.762. The number of nitrogens with one attached hydrogen (secondary N) is 2. The quantitative estimate of drug-likeness (QED) is 0.269. The van der Waals surface area contributed by atoms with Gasteiger partial charge in [0.2, 0.25) is 11.8 Å². The summed E-state index contributed by atoms with van der Waals surface area (Å²) in [5.74, 6) is 1.41. The first-order chi connectivity index (χ1) is 27.1. The molecule has 3 aromatic rings. The van der Waals surface area contributed by atoms with Crippen LogP contribution in [0.15, 0.2) is 54.6 Å². The Morgan fingerprint density at radius 2 is 1.75 bits per heavy atom. The number of hydrogen-bond acceptors (Lipinski definition) is 10. The number of hydrogen-bond donors (Lipinski definition) is 2. The number of rotatable bonds is 8. The van der Waals surface area contributed by atoms with Crippen LogP contribution in [0.2, 0.25) is 5.02 Å². The SMILES string of the molecule is C[C@H]1CC2(CCN(c3ccc(C(=O)N4CCC(CN5CCC(c6cccc(N[C@@H]7CCC(=O)NC7=O)c6)CC5)CC4)nn3)CC2)CN1c1ccc(C#N)c(Cl)c1. The lowest BCUT2D eigenvalue weighted by molar-refractivity contribution is -0.133. The number of halogens is 1. The lowest BCUT2D eigenvalue weighted by Crippen LogP contribution is -2.47. The number of imide groups is 1. The molecule has 12 nitrogen and oxygen atoms in total. The Kier molecular flexibility index (Phi) is 11.2. The fourth-order valence-electron chi connectivity index (χ4n) is 9.83. The first-order valence-corrected chi connectivity index (χ1v) is 20.8. The monoisotopic (exact) mass is 777 g/mol. The number of aromatic nitrogens is 2. The number of amides is 3. The average Bonchev–Trinajstić information content (AvgIpc) is 3.54. The first kappa shape index (κ1) is 38.2. The summed E-state index contributed by atoms with van der Waals surface area (Å²) in [5, 5.41) is 24.5. The molecule has 13 heteroatoms. The molecule has 5 saturated heterocycles. The van der Waals surface area contributed by atoms with Gasteiger partial charge in [0.05, 0.1) is 10.6 Å². The van der Waals surface area contributed by atoms with Crippen molar-refractivity contribution < 1.29 is 14.4 Å². The van der Waals surface area contributed by atoms with Gasteiger partial charge in [-0.1, -0.05) is 23.7 Å². The van der Waals surface area contributed by atoms with Gasteiger partial charge in [-0.2, -0.15) is 5.26 Å². The third-order valence-corrected chi connectivity index (χ3v) is 13.4. The van der Waals surface area contributed by atoms with Crippen LogP contribution in [0.1, 0.15) is 92.2 Å². The smallest absolute Gasteiger partial charge is 0.274 e. The van der Waals surface area contributed by atoms with Crippen molar-refractivity contribution in [2.45, 2.75) is 82.7 Å². The van der Waals surface area contributed by atoms with Crippen molar-refractivity contribution in [2.24, 2.45) is 11.3 Å². The van der Waals surface area contributed by atoms with Crippen LogP contribution < -0.4 is 20.4 Å². The number of nitrogens with zero attached hydrogens (tertiary/aromatic N) is 7. The molecule has 3 amide bonds. The third kappa shape index (κ3) is 8.35. The summed E-state index contributed by atoms with van der Waals surface area (Å²) < 4.78 is 0. The fourth-order valence-corrected chi connectivity index (χ4v) is 10.0. The number of carbonyl (C=O) groups excluding carboxylic acids is 3. The second kappa shape index (κ2) is 16.4. The molecule has 2 atom stereocenters. The van der Waals surface area contributed by atoms with Crippen molar-refractivity contribution in [2.75, 3.05) is 67.5 Å². The molecule has 0 radical (unpaired) electrons. The van der Waals surface area contributed by atoms with Crippen molar-refractivity contribution in [3.8, 4) is 6.07 Å². The van der Waals surface area contributed by atoms with Crippen molar-refractivity contribution >= 4 is 46.5 Å². The maximum Gasteiger partial charge on any atom is 0.274 e. The Bertz CT molecular complexity index is 1960. The van der Waals surface area contributed by atoms with E-state index >= 15 is 0 Å². The molecule has 56 heavy (non-hydrogen) atoms. The molecule has 294 valence electrons. The summed E-state index contributed by atoms with van der Waals surface area (Å²) in [6.07, 6.45) is 8.31. The molecule has 5 fully saturated rings. The summed E-state index contributed by atoms with van der Waals surface area (Å²) in [4.78, 5) is 46.5. The zero-order valence-corrected chi connectivity index (χ0v) is 33.0. The third-order valence-electron chi connectivity index (χ3n) is 13.1. The van der Waals surface area contributed by atoms with Gasteiger partial charge in [0, 0.05) is 63.1 Å². The number of benzene rings is 2. The van der Waals surface area contributed by atoms with E-state index in [0.29, 0.717) is 47.0 Å². The largest absolute Gasteiger partial charge is 0.374 e. The van der Waals surface area contributed by atoms with Crippen LogP contribution in [0, 0.1) is 22.7 Å². The van der Waals surface area contributed by atoms with Crippen LogP contribution in [0.25, 0.3) is 0 Å². The minimum Gasteiger partial charge on any atom is -0.374 e. The lowest BCUT2D eigenvalue weighted by Gasteiger charge is -2.39. The highest BCUT2D eigenvalue weighted by Crippen LogP contribution is 2.46. The van der Waals surface area contributed by atoms with Gasteiger partial charge in [0.25, 0.3) is 5.91 Å². The zero-order chi connectivity index (χ0) is 38.8.